The van der Waals surface area contributed by atoms with Crippen molar-refractivity contribution in [2.45, 2.75) is 6.92 Å². The van der Waals surface area contributed by atoms with Gasteiger partial charge in [0.1, 0.15) is 0 Å². The van der Waals surface area contributed by atoms with E-state index in [-0.39, 0.29) is 13.0 Å². The number of esters is 1. The van der Waals surface area contributed by atoms with Crippen molar-refractivity contribution in [1.82, 2.24) is 8.96 Å². The Morgan fingerprint density at radius 3 is 1.75 bits per heavy atom. The van der Waals surface area contributed by atoms with E-state index in [1.54, 1.807) is 0 Å². The molecular formula is C42H30BN3O2. The average Bonchev–Trinajstić information content (AvgIpc) is 3.90. The predicted octanol–water partition coefficient (Wildman–Crippen LogP) is 5.80. The molecule has 4 bridgehead atoms. The first-order valence-electron chi connectivity index (χ1n) is 16.3. The van der Waals surface area contributed by atoms with Gasteiger partial charge in [-0.05, 0) is 77.6 Å². The maximum atomic E-state index is 12.7. The topological polar surface area (TPSA) is 48.5 Å². The van der Waals surface area contributed by atoms with Gasteiger partial charge in [-0.2, -0.15) is 0 Å². The second-order valence-corrected chi connectivity index (χ2v) is 12.1. The summed E-state index contributed by atoms with van der Waals surface area (Å²) >= 11 is 0. The molecule has 48 heavy (non-hydrogen) atoms. The zero-order chi connectivity index (χ0) is 32.2. The summed E-state index contributed by atoms with van der Waals surface area (Å²) in [6, 6.07) is 48.6. The lowest BCUT2D eigenvalue weighted by Gasteiger charge is -2.31. The van der Waals surface area contributed by atoms with Crippen LogP contribution in [0, 0.1) is 0 Å². The molecule has 5 heterocycles. The molecule has 3 aliphatic rings. The molecule has 0 radical (unpaired) electrons. The number of allylic oxidation sites excluding steroid dienone is 2. The molecule has 0 atom stereocenters. The maximum Gasteiger partial charge on any atom is 0.420 e. The summed E-state index contributed by atoms with van der Waals surface area (Å²) in [5, 5.41) is 2.19. The first-order valence-corrected chi connectivity index (χ1v) is 16.3. The van der Waals surface area contributed by atoms with Gasteiger partial charge in [0.05, 0.1) is 23.6 Å². The van der Waals surface area contributed by atoms with E-state index in [9.17, 15) is 4.79 Å². The average molecular weight is 620 g/mol. The molecule has 0 saturated carbocycles. The predicted molar refractivity (Wildman–Crippen MR) is 193 cm³/mol. The van der Waals surface area contributed by atoms with Gasteiger partial charge in [-0.1, -0.05) is 103 Å². The van der Waals surface area contributed by atoms with Gasteiger partial charge in [0, 0.05) is 38.8 Å². The van der Waals surface area contributed by atoms with E-state index in [1.807, 2.05) is 19.1 Å². The molecule has 0 spiro atoms. The minimum absolute atomic E-state index is 0.259. The number of nitrogens with zero attached hydrogens (tertiary/aromatic N) is 3. The third-order valence-corrected chi connectivity index (χ3v) is 9.41. The summed E-state index contributed by atoms with van der Waals surface area (Å²) in [5.74, 6) is -0.317. The molecule has 0 amide bonds. The van der Waals surface area contributed by atoms with E-state index in [1.165, 1.54) is 5.57 Å². The summed E-state index contributed by atoms with van der Waals surface area (Å²) < 4.78 is 10.3. The fourth-order valence-corrected chi connectivity index (χ4v) is 7.39. The van der Waals surface area contributed by atoms with Crippen LogP contribution in [-0.2, 0) is 4.74 Å². The molecule has 3 aliphatic heterocycles. The second-order valence-electron chi connectivity index (χ2n) is 12.1. The second kappa shape index (κ2) is 11.3. The normalized spacial score (nSPS) is 14.4. The Bertz CT molecular complexity index is 2450. The van der Waals surface area contributed by atoms with Gasteiger partial charge in [0.2, 0.25) is 0 Å². The van der Waals surface area contributed by atoms with Crippen LogP contribution in [-0.4, -0.2) is 34.2 Å². The Morgan fingerprint density at radius 1 is 0.604 bits per heavy atom. The summed E-state index contributed by atoms with van der Waals surface area (Å²) in [4.78, 5) is 18.1. The molecule has 9 rings (SSSR count). The van der Waals surface area contributed by atoms with E-state index in [2.05, 4.69) is 149 Å². The number of carbonyl (C=O) groups excluding carboxylic acids is 1. The van der Waals surface area contributed by atoms with Crippen LogP contribution in [0.5, 0.6) is 0 Å². The lowest BCUT2D eigenvalue weighted by Crippen LogP contribution is -2.57. The number of fused-ring (bicyclic) bond motifs is 1. The number of carbonyl (C=O) groups is 1. The Kier molecular flexibility index (Phi) is 6.61. The van der Waals surface area contributed by atoms with Crippen molar-refractivity contribution in [2.75, 3.05) is 6.61 Å². The Balaban J connectivity index is 1.46. The molecule has 6 heteroatoms. The van der Waals surface area contributed by atoms with Crippen LogP contribution in [0.1, 0.15) is 45.4 Å². The van der Waals surface area contributed by atoms with Crippen LogP contribution in [0.15, 0.2) is 162 Å². The van der Waals surface area contributed by atoms with Crippen LogP contribution in [0.4, 0.5) is 0 Å². The van der Waals surface area contributed by atoms with Gasteiger partial charge in [0.15, 0.2) is 0 Å². The summed E-state index contributed by atoms with van der Waals surface area (Å²) in [7, 11) is 0. The van der Waals surface area contributed by atoms with Gasteiger partial charge in [0.25, 0.3) is 0 Å². The van der Waals surface area contributed by atoms with Crippen LogP contribution >= 0.6 is 0 Å². The van der Waals surface area contributed by atoms with Crippen molar-refractivity contribution >= 4 is 40.8 Å². The highest BCUT2D eigenvalue weighted by Crippen LogP contribution is 2.37. The third-order valence-electron chi connectivity index (χ3n) is 9.41. The standard InChI is InChI=1S/C42H30BN3O2/c1-2-48-42(47)31-18-20-32(21-19-31)43-45-35-24-26-37(45)41(30-16-10-5-11-17-30)38-27-25-36(46(38)43)40(29-14-8-4-9-15-29)34-23-22-33(44-34)39(35)28-12-6-3-7-13-28/h3-27H,2H2,1H3. The lowest BCUT2D eigenvalue weighted by atomic mass is 9.64. The molecule has 0 saturated heterocycles. The first kappa shape index (κ1) is 28.1. The molecule has 228 valence electrons. The fraction of sp³-hybridized carbons (Fsp3) is 0.0476. The molecule has 6 aromatic rings. The zero-order valence-electron chi connectivity index (χ0n) is 26.4. The summed E-state index contributed by atoms with van der Waals surface area (Å²) in [6.07, 6.45) is 4.31. The molecule has 4 aromatic carbocycles. The van der Waals surface area contributed by atoms with E-state index in [4.69, 9.17) is 9.73 Å². The number of ether oxygens (including phenoxy) is 1. The molecule has 0 fully saturated rings. The third kappa shape index (κ3) is 4.33. The highest BCUT2D eigenvalue weighted by molar-refractivity contribution is 6.71. The van der Waals surface area contributed by atoms with Crippen molar-refractivity contribution in [3.63, 3.8) is 0 Å². The smallest absolute Gasteiger partial charge is 0.420 e. The minimum Gasteiger partial charge on any atom is -0.462 e. The van der Waals surface area contributed by atoms with E-state index in [0.717, 1.165) is 66.8 Å². The highest BCUT2D eigenvalue weighted by Gasteiger charge is 2.37. The first-order chi connectivity index (χ1) is 23.7. The fourth-order valence-electron chi connectivity index (χ4n) is 7.39. The van der Waals surface area contributed by atoms with Gasteiger partial charge >= 0.3 is 13.0 Å². The Labute approximate surface area is 278 Å². The van der Waals surface area contributed by atoms with Crippen molar-refractivity contribution in [2.24, 2.45) is 4.99 Å². The maximum absolute atomic E-state index is 12.7. The monoisotopic (exact) mass is 619 g/mol. The molecule has 2 aromatic heterocycles. The number of benzene rings is 4. The van der Waals surface area contributed by atoms with Crippen molar-refractivity contribution in [1.29, 1.82) is 0 Å². The highest BCUT2D eigenvalue weighted by atomic mass is 16.5. The zero-order valence-corrected chi connectivity index (χ0v) is 26.4. The molecular weight excluding hydrogens is 589 g/mol. The van der Waals surface area contributed by atoms with E-state index < -0.39 is 0 Å². The van der Waals surface area contributed by atoms with Crippen molar-refractivity contribution in [3.8, 4) is 0 Å². The SMILES string of the molecule is CCOC(=O)c1ccc(B2n3c4ccc3C(c3ccccc3)=c3ccc(n32)=C(c2ccccc2)C2=NC(=C4c3ccccc3)C=C2)cc1. The quantitative estimate of drug-likeness (QED) is 0.175. The lowest BCUT2D eigenvalue weighted by molar-refractivity contribution is 0.0526. The molecule has 0 unspecified atom stereocenters. The molecule has 5 nitrogen and oxygen atoms in total. The largest absolute Gasteiger partial charge is 0.462 e. The van der Waals surface area contributed by atoms with Crippen LogP contribution in [0.2, 0.25) is 0 Å². The van der Waals surface area contributed by atoms with Crippen LogP contribution in [0.3, 0.4) is 0 Å². The number of rotatable bonds is 6. The molecule has 0 N–H and O–H groups in total. The summed E-state index contributed by atoms with van der Waals surface area (Å²) in [5.41, 5.74) is 12.3. The number of aromatic nitrogens is 2. The minimum atomic E-state index is -0.317. The molecule has 0 aliphatic carbocycles. The van der Waals surface area contributed by atoms with Crippen LogP contribution in [0.25, 0.3) is 16.7 Å². The van der Waals surface area contributed by atoms with Gasteiger partial charge in [-0.15, -0.1) is 0 Å². The van der Waals surface area contributed by atoms with Crippen molar-refractivity contribution < 1.29 is 9.53 Å². The van der Waals surface area contributed by atoms with Gasteiger partial charge in [-0.25, -0.2) is 9.79 Å². The summed E-state index contributed by atoms with van der Waals surface area (Å²) in [6.45, 7) is 1.90. The number of hydrogen-bond donors (Lipinski definition) is 0. The van der Waals surface area contributed by atoms with Crippen LogP contribution < -0.4 is 16.2 Å². The Hall–Kier alpha value is -6.14. The number of hydrogen-bond acceptors (Lipinski definition) is 3. The van der Waals surface area contributed by atoms with Crippen molar-refractivity contribution in [3.05, 3.63) is 202 Å². The van der Waals surface area contributed by atoms with Gasteiger partial charge < -0.3 is 13.7 Å². The van der Waals surface area contributed by atoms with Gasteiger partial charge in [-0.3, -0.25) is 0 Å². The Morgan fingerprint density at radius 2 is 1.15 bits per heavy atom. The number of aliphatic imine (C=N–C) groups is 1. The van der Waals surface area contributed by atoms with E-state index in [0.29, 0.717) is 12.2 Å². The van der Waals surface area contributed by atoms with E-state index >= 15 is 0 Å².